The Hall–Kier alpha value is -3.80. The Balaban J connectivity index is 1.25. The van der Waals surface area contributed by atoms with Gasteiger partial charge in [0.25, 0.3) is 10.0 Å². The zero-order chi connectivity index (χ0) is 34.9. The number of hydrogen-bond acceptors (Lipinski definition) is 11. The first-order valence-electron chi connectivity index (χ1n) is 15.7. The van der Waals surface area contributed by atoms with Crippen LogP contribution in [0.3, 0.4) is 0 Å². The molecule has 2 N–H and O–H groups in total. The molecule has 3 fully saturated rings. The zero-order valence-electron chi connectivity index (χ0n) is 26.8. The van der Waals surface area contributed by atoms with Gasteiger partial charge in [0.1, 0.15) is 11.6 Å². The maximum absolute atomic E-state index is 16.4. The number of nitrogens with zero attached hydrogens (tertiary/aromatic N) is 5. The van der Waals surface area contributed by atoms with Gasteiger partial charge in [-0.1, -0.05) is 23.5 Å². The van der Waals surface area contributed by atoms with Gasteiger partial charge in [0.2, 0.25) is 5.95 Å². The molecule has 2 aliphatic heterocycles. The van der Waals surface area contributed by atoms with Crippen molar-refractivity contribution in [2.75, 3.05) is 46.6 Å². The van der Waals surface area contributed by atoms with E-state index in [0.29, 0.717) is 34.5 Å². The Bertz CT molecular complexity index is 2110. The van der Waals surface area contributed by atoms with Crippen molar-refractivity contribution < 1.29 is 30.0 Å². The number of sulfonamides is 1. The zero-order valence-corrected chi connectivity index (χ0v) is 29.3. The molecular weight excluding hydrogens is 700 g/mol. The topological polar surface area (TPSA) is 137 Å². The van der Waals surface area contributed by atoms with Gasteiger partial charge in [-0.2, -0.15) is 0 Å². The lowest BCUT2D eigenvalue weighted by atomic mass is 9.67. The lowest BCUT2D eigenvalue weighted by molar-refractivity contribution is 0.153. The molecule has 2 aromatic heterocycles. The van der Waals surface area contributed by atoms with Crippen LogP contribution in [0, 0.1) is 22.9 Å². The molecule has 2 saturated heterocycles. The fraction of sp³-hybridized carbons (Fsp3) is 0.406. The Morgan fingerprint density at radius 3 is 2.27 bits per heavy atom. The molecule has 0 amide bonds. The maximum atomic E-state index is 16.4. The van der Waals surface area contributed by atoms with E-state index in [2.05, 4.69) is 33.9 Å². The highest BCUT2D eigenvalue weighted by molar-refractivity contribution is 7.93. The normalized spacial score (nSPS) is 22.0. The molecule has 4 aromatic rings. The summed E-state index contributed by atoms with van der Waals surface area (Å²) in [4.78, 5) is 17.7. The molecule has 17 heteroatoms. The summed E-state index contributed by atoms with van der Waals surface area (Å²) in [7, 11) is -5.75. The summed E-state index contributed by atoms with van der Waals surface area (Å²) in [5.41, 5.74) is -0.0674. The number of anilines is 3. The summed E-state index contributed by atoms with van der Waals surface area (Å²) < 4.78 is 96.8. The minimum absolute atomic E-state index is 0.00992. The van der Waals surface area contributed by atoms with E-state index in [0.717, 1.165) is 37.4 Å². The van der Waals surface area contributed by atoms with E-state index in [9.17, 15) is 25.6 Å². The summed E-state index contributed by atoms with van der Waals surface area (Å²) >= 11 is 1.32. The highest BCUT2D eigenvalue weighted by Crippen LogP contribution is 2.51. The van der Waals surface area contributed by atoms with E-state index in [4.69, 9.17) is 9.97 Å². The molecule has 0 radical (unpaired) electrons. The largest absolute Gasteiger partial charge is 0.351 e. The quantitative estimate of drug-likeness (QED) is 0.255. The average molecular weight is 734 g/mol. The van der Waals surface area contributed by atoms with E-state index in [1.165, 1.54) is 23.5 Å². The fourth-order valence-electron chi connectivity index (χ4n) is 7.42. The highest BCUT2D eigenvalue weighted by atomic mass is 32.2. The Morgan fingerprint density at radius 2 is 1.61 bits per heavy atom. The number of likely N-dealkylation sites (N-methyl/N-ethyl adjacent to an activating group) is 1. The Morgan fingerprint density at radius 1 is 0.959 bits per heavy atom. The van der Waals surface area contributed by atoms with Crippen molar-refractivity contribution in [3.05, 3.63) is 66.1 Å². The van der Waals surface area contributed by atoms with E-state index >= 15 is 4.39 Å². The molecule has 1 saturated carbocycles. The van der Waals surface area contributed by atoms with Crippen molar-refractivity contribution in [1.82, 2.24) is 19.9 Å². The third-order valence-electron chi connectivity index (χ3n) is 9.26. The number of halogens is 3. The molecule has 260 valence electrons. The number of sulfone groups is 1. The van der Waals surface area contributed by atoms with Crippen LogP contribution in [0.25, 0.3) is 21.8 Å². The van der Waals surface area contributed by atoms with Gasteiger partial charge in [-0.05, 0) is 64.1 Å². The van der Waals surface area contributed by atoms with Crippen LogP contribution in [0.15, 0.2) is 53.6 Å². The molecular formula is C32H34F3N7O4S3. The predicted molar refractivity (Wildman–Crippen MR) is 182 cm³/mol. The average Bonchev–Trinajstić information content (AvgIpc) is 3.40. The van der Waals surface area contributed by atoms with E-state index in [1.807, 2.05) is 11.8 Å². The second kappa shape index (κ2) is 12.2. The third-order valence-corrected chi connectivity index (χ3v) is 13.9. The van der Waals surface area contributed by atoms with Crippen molar-refractivity contribution in [2.45, 2.75) is 49.7 Å². The Labute approximate surface area is 286 Å². The molecule has 1 spiro atoms. The summed E-state index contributed by atoms with van der Waals surface area (Å²) in [6.07, 6.45) is 2.96. The van der Waals surface area contributed by atoms with Crippen molar-refractivity contribution in [3.8, 4) is 21.8 Å². The van der Waals surface area contributed by atoms with Gasteiger partial charge in [-0.15, -0.1) is 0 Å². The molecule has 2 unspecified atom stereocenters. The van der Waals surface area contributed by atoms with Crippen molar-refractivity contribution in [2.24, 2.45) is 5.41 Å². The van der Waals surface area contributed by atoms with Crippen molar-refractivity contribution in [1.29, 1.82) is 0 Å². The number of piperazine rings is 1. The van der Waals surface area contributed by atoms with Crippen LogP contribution < -0.4 is 14.9 Å². The summed E-state index contributed by atoms with van der Waals surface area (Å²) in [5, 5.41) is 3.92. The molecule has 1 aliphatic carbocycles. The minimum atomic E-state index is -4.85. The van der Waals surface area contributed by atoms with Gasteiger partial charge in [0.15, 0.2) is 25.7 Å². The molecule has 49 heavy (non-hydrogen) atoms. The summed E-state index contributed by atoms with van der Waals surface area (Å²) in [5.74, 6) is -2.88. The number of rotatable bonds is 8. The van der Waals surface area contributed by atoms with Gasteiger partial charge in [-0.3, -0.25) is 4.72 Å². The first-order valence-corrected chi connectivity index (χ1v) is 19.8. The monoisotopic (exact) mass is 733 g/mol. The molecule has 2 atom stereocenters. The fourth-order valence-corrected chi connectivity index (χ4v) is 12.1. The van der Waals surface area contributed by atoms with Crippen LogP contribution >= 0.6 is 11.3 Å². The summed E-state index contributed by atoms with van der Waals surface area (Å²) in [6.45, 7) is 5.71. The second-order valence-corrected chi connectivity index (χ2v) is 18.0. The first kappa shape index (κ1) is 33.7. The van der Waals surface area contributed by atoms with Crippen LogP contribution in [-0.2, 0) is 19.9 Å². The molecule has 11 nitrogen and oxygen atoms in total. The standard InChI is InChI=1S/C32H34F3N7O4S3/c1-18-14-41(3)15-19(2)42(18)31-39-27(21-6-4-9-24(26(21)35)40-49(45,46)29-22(33)7-5-8-23(29)34)28(47-31)25-10-11-36-30(38-25)37-20-12-32(13-20)16-48(43,44)17-32/h4-11,18-20,40H,12-17H2,1-3H3,(H,36,37,38). The van der Waals surface area contributed by atoms with Crippen LogP contribution in [-0.4, -0.2) is 86.5 Å². The number of nitrogens with one attached hydrogen (secondary N) is 2. The number of aromatic nitrogens is 3. The van der Waals surface area contributed by atoms with Crippen molar-refractivity contribution in [3.63, 3.8) is 0 Å². The van der Waals surface area contributed by atoms with E-state index in [1.54, 1.807) is 12.3 Å². The van der Waals surface area contributed by atoms with Gasteiger partial charge < -0.3 is 15.1 Å². The predicted octanol–water partition coefficient (Wildman–Crippen LogP) is 5.00. The van der Waals surface area contributed by atoms with Crippen LogP contribution in [0.1, 0.15) is 26.7 Å². The molecule has 2 aromatic carbocycles. The van der Waals surface area contributed by atoms with Gasteiger partial charge >= 0.3 is 0 Å². The molecule has 4 heterocycles. The first-order chi connectivity index (χ1) is 23.1. The Kier molecular flexibility index (Phi) is 8.39. The van der Waals surface area contributed by atoms with Crippen LogP contribution in [0.2, 0.25) is 0 Å². The number of hydrogen-bond donors (Lipinski definition) is 2. The summed E-state index contributed by atoms with van der Waals surface area (Å²) in [6, 6.07) is 8.52. The van der Waals surface area contributed by atoms with E-state index in [-0.39, 0.29) is 46.3 Å². The smallest absolute Gasteiger partial charge is 0.267 e. The van der Waals surface area contributed by atoms with Crippen LogP contribution in [0.4, 0.5) is 29.9 Å². The molecule has 3 aliphatic rings. The lowest BCUT2D eigenvalue weighted by Crippen LogP contribution is -2.60. The SMILES string of the molecule is CC1CN(C)CC(C)N1c1nc(-c2cccc(NS(=O)(=O)c3c(F)cccc3F)c2F)c(-c2ccnc(NC3CC4(C3)CS(=O)(=O)C4)n2)s1. The van der Waals surface area contributed by atoms with Gasteiger partial charge in [0.05, 0.1) is 33.5 Å². The number of thiazole rings is 1. The maximum Gasteiger partial charge on any atom is 0.267 e. The van der Waals surface area contributed by atoms with Gasteiger partial charge in [0, 0.05) is 48.4 Å². The molecule has 0 bridgehead atoms. The number of benzene rings is 2. The molecule has 7 rings (SSSR count). The minimum Gasteiger partial charge on any atom is -0.351 e. The lowest BCUT2D eigenvalue weighted by Gasteiger charge is -2.53. The second-order valence-electron chi connectivity index (χ2n) is 13.4. The van der Waals surface area contributed by atoms with Crippen LogP contribution in [0.5, 0.6) is 0 Å². The third kappa shape index (κ3) is 6.37. The highest BCUT2D eigenvalue weighted by Gasteiger charge is 2.56. The van der Waals surface area contributed by atoms with Crippen molar-refractivity contribution >= 4 is 48.0 Å². The van der Waals surface area contributed by atoms with Gasteiger partial charge in [-0.25, -0.2) is 45.0 Å². The van der Waals surface area contributed by atoms with E-state index < -0.39 is 47.9 Å².